The summed E-state index contributed by atoms with van der Waals surface area (Å²) < 4.78 is 13.5. The van der Waals surface area contributed by atoms with Crippen LogP contribution in [0, 0.1) is 5.82 Å². The van der Waals surface area contributed by atoms with Crippen molar-refractivity contribution in [2.24, 2.45) is 0 Å². The zero-order chi connectivity index (χ0) is 11.5. The van der Waals surface area contributed by atoms with E-state index in [4.69, 9.17) is 5.73 Å². The van der Waals surface area contributed by atoms with Crippen LogP contribution in [-0.4, -0.2) is 29.2 Å². The van der Waals surface area contributed by atoms with Gasteiger partial charge in [-0.15, -0.1) is 0 Å². The Morgan fingerprint density at radius 3 is 2.69 bits per heavy atom. The summed E-state index contributed by atoms with van der Waals surface area (Å²) in [5.41, 5.74) is 6.82. The first kappa shape index (κ1) is 11.4. The van der Waals surface area contributed by atoms with E-state index in [1.807, 2.05) is 0 Å². The molecule has 1 aliphatic heterocycles. The van der Waals surface area contributed by atoms with E-state index >= 15 is 0 Å². The number of nitrogens with zero attached hydrogens (tertiary/aromatic N) is 1. The number of halogens is 1. The predicted molar refractivity (Wildman–Crippen MR) is 61.3 cm³/mol. The van der Waals surface area contributed by atoms with Gasteiger partial charge in [0, 0.05) is 30.9 Å². The third-order valence-corrected chi connectivity index (χ3v) is 3.09. The quantitative estimate of drug-likeness (QED) is 0.746. The highest BCUT2D eigenvalue weighted by molar-refractivity contribution is 5.47. The van der Waals surface area contributed by atoms with Gasteiger partial charge in [-0.1, -0.05) is 6.07 Å². The average molecular weight is 224 g/mol. The average Bonchev–Trinajstić information content (AvgIpc) is 2.26. The standard InChI is InChI=1S/C12H17FN2O/c13-11-2-1-3-12(14)10(11)8-15-6-4-9(16)5-7-15/h1-3,9,16H,4-8,14H2. The maximum Gasteiger partial charge on any atom is 0.129 e. The van der Waals surface area contributed by atoms with Crippen LogP contribution in [-0.2, 0) is 6.54 Å². The van der Waals surface area contributed by atoms with Crippen molar-refractivity contribution in [3.05, 3.63) is 29.6 Å². The molecule has 0 aromatic heterocycles. The van der Waals surface area contributed by atoms with Gasteiger partial charge in [-0.25, -0.2) is 4.39 Å². The smallest absolute Gasteiger partial charge is 0.129 e. The SMILES string of the molecule is Nc1cccc(F)c1CN1CCC(O)CC1. The lowest BCUT2D eigenvalue weighted by Crippen LogP contribution is -2.35. The fraction of sp³-hybridized carbons (Fsp3) is 0.500. The number of nitrogens with two attached hydrogens (primary N) is 1. The molecule has 0 atom stereocenters. The van der Waals surface area contributed by atoms with Crippen LogP contribution < -0.4 is 5.73 Å². The van der Waals surface area contributed by atoms with Gasteiger partial charge >= 0.3 is 0 Å². The van der Waals surface area contributed by atoms with Crippen molar-refractivity contribution in [1.29, 1.82) is 0 Å². The number of benzene rings is 1. The van der Waals surface area contributed by atoms with E-state index in [1.165, 1.54) is 6.07 Å². The van der Waals surface area contributed by atoms with Gasteiger partial charge in [0.05, 0.1) is 6.10 Å². The van der Waals surface area contributed by atoms with E-state index in [1.54, 1.807) is 12.1 Å². The van der Waals surface area contributed by atoms with E-state index in [2.05, 4.69) is 4.90 Å². The topological polar surface area (TPSA) is 49.5 Å². The first-order valence-corrected chi connectivity index (χ1v) is 5.60. The minimum absolute atomic E-state index is 0.200. The number of anilines is 1. The lowest BCUT2D eigenvalue weighted by Gasteiger charge is -2.29. The van der Waals surface area contributed by atoms with Crippen LogP contribution in [0.3, 0.4) is 0 Å². The van der Waals surface area contributed by atoms with Crippen LogP contribution >= 0.6 is 0 Å². The molecule has 1 aromatic carbocycles. The van der Waals surface area contributed by atoms with Crippen molar-refractivity contribution in [2.75, 3.05) is 18.8 Å². The van der Waals surface area contributed by atoms with Crippen LogP contribution in [0.5, 0.6) is 0 Å². The van der Waals surface area contributed by atoms with E-state index in [9.17, 15) is 9.50 Å². The molecule has 88 valence electrons. The van der Waals surface area contributed by atoms with Crippen LogP contribution in [0.2, 0.25) is 0 Å². The zero-order valence-electron chi connectivity index (χ0n) is 9.19. The third-order valence-electron chi connectivity index (χ3n) is 3.09. The van der Waals surface area contributed by atoms with Gasteiger partial charge in [-0.3, -0.25) is 4.90 Å². The normalized spacial score (nSPS) is 18.9. The molecule has 0 radical (unpaired) electrons. The van der Waals surface area contributed by atoms with Crippen molar-refractivity contribution in [3.63, 3.8) is 0 Å². The van der Waals surface area contributed by atoms with Gasteiger partial charge in [0.2, 0.25) is 0 Å². The highest BCUT2D eigenvalue weighted by atomic mass is 19.1. The van der Waals surface area contributed by atoms with Crippen LogP contribution in [0.4, 0.5) is 10.1 Å². The van der Waals surface area contributed by atoms with Gasteiger partial charge < -0.3 is 10.8 Å². The molecule has 0 saturated carbocycles. The molecule has 0 amide bonds. The summed E-state index contributed by atoms with van der Waals surface area (Å²) in [6.07, 6.45) is 1.32. The molecule has 16 heavy (non-hydrogen) atoms. The van der Waals surface area contributed by atoms with E-state index in [-0.39, 0.29) is 11.9 Å². The second-order valence-corrected chi connectivity index (χ2v) is 4.31. The molecule has 1 aromatic rings. The Labute approximate surface area is 94.7 Å². The van der Waals surface area contributed by atoms with E-state index in [0.29, 0.717) is 17.8 Å². The summed E-state index contributed by atoms with van der Waals surface area (Å²) in [5, 5.41) is 9.38. The second kappa shape index (κ2) is 4.80. The first-order valence-electron chi connectivity index (χ1n) is 5.60. The highest BCUT2D eigenvalue weighted by Crippen LogP contribution is 2.20. The molecular weight excluding hydrogens is 207 g/mol. The Balaban J connectivity index is 2.04. The predicted octanol–water partition coefficient (Wildman–Crippen LogP) is 1.36. The summed E-state index contributed by atoms with van der Waals surface area (Å²) in [6, 6.07) is 4.77. The number of hydrogen-bond donors (Lipinski definition) is 2. The van der Waals surface area contributed by atoms with Crippen molar-refractivity contribution in [1.82, 2.24) is 4.90 Å². The molecule has 1 aliphatic rings. The highest BCUT2D eigenvalue weighted by Gasteiger charge is 2.18. The van der Waals surface area contributed by atoms with Gasteiger partial charge in [0.25, 0.3) is 0 Å². The number of nitrogen functional groups attached to an aromatic ring is 1. The first-order chi connectivity index (χ1) is 7.66. The number of aliphatic hydroxyl groups excluding tert-OH is 1. The Morgan fingerprint density at radius 1 is 1.38 bits per heavy atom. The van der Waals surface area contributed by atoms with Gasteiger partial charge in [-0.2, -0.15) is 0 Å². The number of piperidine rings is 1. The van der Waals surface area contributed by atoms with Crippen LogP contribution in [0.25, 0.3) is 0 Å². The minimum Gasteiger partial charge on any atom is -0.398 e. The molecular formula is C12H17FN2O. The molecule has 4 heteroatoms. The molecule has 3 nitrogen and oxygen atoms in total. The maximum atomic E-state index is 13.5. The van der Waals surface area contributed by atoms with Crippen LogP contribution in [0.1, 0.15) is 18.4 Å². The Kier molecular flexibility index (Phi) is 3.41. The summed E-state index contributed by atoms with van der Waals surface area (Å²) in [6.45, 7) is 2.13. The number of likely N-dealkylation sites (tertiary alicyclic amines) is 1. The van der Waals surface area contributed by atoms with Gasteiger partial charge in [0.1, 0.15) is 5.82 Å². The lowest BCUT2D eigenvalue weighted by molar-refractivity contribution is 0.0789. The Hall–Kier alpha value is -1.13. The molecule has 0 spiro atoms. The summed E-state index contributed by atoms with van der Waals surface area (Å²) in [7, 11) is 0. The summed E-state index contributed by atoms with van der Waals surface area (Å²) in [5.74, 6) is -0.244. The van der Waals surface area contributed by atoms with E-state index < -0.39 is 0 Å². The van der Waals surface area contributed by atoms with E-state index in [0.717, 1.165) is 25.9 Å². The molecule has 0 aliphatic carbocycles. The number of hydrogen-bond acceptors (Lipinski definition) is 3. The molecule has 1 saturated heterocycles. The fourth-order valence-electron chi connectivity index (χ4n) is 2.04. The number of rotatable bonds is 2. The van der Waals surface area contributed by atoms with Crippen molar-refractivity contribution >= 4 is 5.69 Å². The zero-order valence-corrected chi connectivity index (χ0v) is 9.19. The number of aliphatic hydroxyl groups is 1. The monoisotopic (exact) mass is 224 g/mol. The molecule has 0 bridgehead atoms. The molecule has 2 rings (SSSR count). The Bertz CT molecular complexity index is 342. The lowest BCUT2D eigenvalue weighted by atomic mass is 10.1. The van der Waals surface area contributed by atoms with Crippen molar-refractivity contribution in [3.8, 4) is 0 Å². The molecule has 0 unspecified atom stereocenters. The van der Waals surface area contributed by atoms with Gasteiger partial charge in [-0.05, 0) is 25.0 Å². The van der Waals surface area contributed by atoms with Crippen LogP contribution in [0.15, 0.2) is 18.2 Å². The fourth-order valence-corrected chi connectivity index (χ4v) is 2.04. The summed E-state index contributed by atoms with van der Waals surface area (Å²) >= 11 is 0. The third kappa shape index (κ3) is 2.51. The Morgan fingerprint density at radius 2 is 2.06 bits per heavy atom. The van der Waals surface area contributed by atoms with Crippen molar-refractivity contribution in [2.45, 2.75) is 25.5 Å². The maximum absolute atomic E-state index is 13.5. The molecule has 1 fully saturated rings. The second-order valence-electron chi connectivity index (χ2n) is 4.31. The minimum atomic E-state index is -0.244. The summed E-state index contributed by atoms with van der Waals surface area (Å²) in [4.78, 5) is 2.13. The van der Waals surface area contributed by atoms with Crippen molar-refractivity contribution < 1.29 is 9.50 Å². The largest absolute Gasteiger partial charge is 0.398 e. The molecule has 1 heterocycles. The van der Waals surface area contributed by atoms with Gasteiger partial charge in [0.15, 0.2) is 0 Å². The molecule has 3 N–H and O–H groups in total.